The first kappa shape index (κ1) is 15.6. The summed E-state index contributed by atoms with van der Waals surface area (Å²) < 4.78 is 5.71. The number of aromatic nitrogens is 2. The van der Waals surface area contributed by atoms with E-state index in [-0.39, 0.29) is 0 Å². The van der Waals surface area contributed by atoms with E-state index in [9.17, 15) is 0 Å². The summed E-state index contributed by atoms with van der Waals surface area (Å²) in [5, 5.41) is 0. The lowest BCUT2D eigenvalue weighted by Crippen LogP contribution is -2.27. The van der Waals surface area contributed by atoms with Gasteiger partial charge in [-0.2, -0.15) is 0 Å². The van der Waals surface area contributed by atoms with Crippen LogP contribution in [0.2, 0.25) is 0 Å². The van der Waals surface area contributed by atoms with Gasteiger partial charge in [-0.1, -0.05) is 24.3 Å². The van der Waals surface area contributed by atoms with Crippen molar-refractivity contribution < 1.29 is 4.74 Å². The molecule has 0 unspecified atom stereocenters. The summed E-state index contributed by atoms with van der Waals surface area (Å²) in [6, 6.07) is 9.29. The largest absolute Gasteiger partial charge is 0.476 e. The van der Waals surface area contributed by atoms with Gasteiger partial charge in [-0.05, 0) is 61.7 Å². The van der Waals surface area contributed by atoms with Gasteiger partial charge in [-0.25, -0.2) is 4.98 Å². The van der Waals surface area contributed by atoms with Gasteiger partial charge in [0.25, 0.3) is 0 Å². The summed E-state index contributed by atoms with van der Waals surface area (Å²) in [5.74, 6) is 1.97. The topological polar surface area (TPSA) is 38.2 Å². The summed E-state index contributed by atoms with van der Waals surface area (Å²) in [6.07, 6.45) is 10.2. The number of rotatable bonds is 6. The van der Waals surface area contributed by atoms with E-state index in [4.69, 9.17) is 4.74 Å². The normalized spacial score (nSPS) is 23.8. The quantitative estimate of drug-likeness (QED) is 0.813. The van der Waals surface area contributed by atoms with Crippen molar-refractivity contribution in [2.24, 2.45) is 5.92 Å². The Labute approximate surface area is 143 Å². The van der Waals surface area contributed by atoms with Crippen LogP contribution in [0.1, 0.15) is 42.7 Å². The lowest BCUT2D eigenvalue weighted by Gasteiger charge is -2.35. The van der Waals surface area contributed by atoms with E-state index in [0.717, 1.165) is 13.2 Å². The maximum absolute atomic E-state index is 5.71. The Bertz CT molecular complexity index is 632. The third-order valence-corrected chi connectivity index (χ3v) is 5.30. The number of nitrogens with zero attached hydrogens (tertiary/aromatic N) is 3. The Morgan fingerprint density at radius 3 is 2.54 bits per heavy atom. The molecule has 1 aliphatic heterocycles. The van der Waals surface area contributed by atoms with Gasteiger partial charge in [-0.3, -0.25) is 9.88 Å². The van der Waals surface area contributed by atoms with Gasteiger partial charge in [0.15, 0.2) is 0 Å². The summed E-state index contributed by atoms with van der Waals surface area (Å²) >= 11 is 0. The molecule has 0 radical (unpaired) electrons. The zero-order valence-electron chi connectivity index (χ0n) is 14.1. The second kappa shape index (κ2) is 7.31. The average Bonchev–Trinajstić information content (AvgIpc) is 3.09. The number of hydrogen-bond donors (Lipinski definition) is 0. The van der Waals surface area contributed by atoms with Crippen LogP contribution in [0.15, 0.2) is 42.9 Å². The molecule has 126 valence electrons. The molecular formula is C20H25N3O. The Hall–Kier alpha value is -1.94. The molecule has 1 aromatic carbocycles. The lowest BCUT2D eigenvalue weighted by atomic mass is 9.72. The molecule has 2 fully saturated rings. The summed E-state index contributed by atoms with van der Waals surface area (Å²) in [4.78, 5) is 10.7. The monoisotopic (exact) mass is 323 g/mol. The Kier molecular flexibility index (Phi) is 4.74. The molecule has 4 heteroatoms. The molecule has 2 heterocycles. The Morgan fingerprint density at radius 1 is 1.04 bits per heavy atom. The molecule has 1 saturated carbocycles. The fourth-order valence-corrected chi connectivity index (χ4v) is 3.80. The highest BCUT2D eigenvalue weighted by Gasteiger charge is 2.30. The predicted molar refractivity (Wildman–Crippen MR) is 93.9 cm³/mol. The van der Waals surface area contributed by atoms with Crippen molar-refractivity contribution in [1.82, 2.24) is 14.9 Å². The third kappa shape index (κ3) is 3.75. The summed E-state index contributed by atoms with van der Waals surface area (Å²) in [6.45, 7) is 4.39. The van der Waals surface area contributed by atoms with Gasteiger partial charge >= 0.3 is 0 Å². The minimum Gasteiger partial charge on any atom is -0.476 e. The maximum Gasteiger partial charge on any atom is 0.232 e. The van der Waals surface area contributed by atoms with Crippen LogP contribution < -0.4 is 4.74 Å². The molecule has 4 rings (SSSR count). The van der Waals surface area contributed by atoms with Crippen molar-refractivity contribution in [2.45, 2.75) is 38.1 Å². The van der Waals surface area contributed by atoms with Crippen molar-refractivity contribution in [2.75, 3.05) is 19.7 Å². The van der Waals surface area contributed by atoms with E-state index in [0.29, 0.717) is 17.7 Å². The smallest absolute Gasteiger partial charge is 0.232 e. The SMILES string of the molecule is c1cnc(OCC2CC(c3ccc(CN4CCCC4)cc3)C2)cn1. The standard InChI is InChI=1S/C20H25N3O/c1-2-10-23(9-1)14-16-3-5-18(6-4-16)19-11-17(12-19)15-24-20-13-21-7-8-22-20/h3-8,13,17,19H,1-2,9-12,14-15H2. The highest BCUT2D eigenvalue weighted by atomic mass is 16.5. The average molecular weight is 323 g/mol. The van der Waals surface area contributed by atoms with Gasteiger partial charge in [0, 0.05) is 18.9 Å². The predicted octanol–water partition coefficient (Wildman–Crippen LogP) is 3.65. The maximum atomic E-state index is 5.71. The van der Waals surface area contributed by atoms with Crippen molar-refractivity contribution in [3.63, 3.8) is 0 Å². The van der Waals surface area contributed by atoms with Crippen LogP contribution in [-0.4, -0.2) is 34.6 Å². The first-order valence-electron chi connectivity index (χ1n) is 9.07. The van der Waals surface area contributed by atoms with Crippen molar-refractivity contribution in [3.8, 4) is 5.88 Å². The van der Waals surface area contributed by atoms with Gasteiger partial charge < -0.3 is 4.74 Å². The van der Waals surface area contributed by atoms with E-state index in [1.807, 2.05) is 0 Å². The molecule has 0 atom stereocenters. The number of hydrogen-bond acceptors (Lipinski definition) is 4. The summed E-state index contributed by atoms with van der Waals surface area (Å²) in [5.41, 5.74) is 2.93. The molecule has 24 heavy (non-hydrogen) atoms. The van der Waals surface area contributed by atoms with Crippen LogP contribution in [0, 0.1) is 5.92 Å². The van der Waals surface area contributed by atoms with Crippen LogP contribution in [-0.2, 0) is 6.54 Å². The van der Waals surface area contributed by atoms with Crippen LogP contribution in [0.3, 0.4) is 0 Å². The molecule has 0 spiro atoms. The highest BCUT2D eigenvalue weighted by molar-refractivity contribution is 5.27. The van der Waals surface area contributed by atoms with Crippen LogP contribution in [0.4, 0.5) is 0 Å². The highest BCUT2D eigenvalue weighted by Crippen LogP contribution is 2.41. The van der Waals surface area contributed by atoms with E-state index in [1.54, 1.807) is 18.6 Å². The van der Waals surface area contributed by atoms with Gasteiger partial charge in [0.1, 0.15) is 0 Å². The van der Waals surface area contributed by atoms with Crippen molar-refractivity contribution in [1.29, 1.82) is 0 Å². The van der Waals surface area contributed by atoms with E-state index in [2.05, 4.69) is 39.1 Å². The van der Waals surface area contributed by atoms with Gasteiger partial charge in [0.2, 0.25) is 5.88 Å². The molecule has 4 nitrogen and oxygen atoms in total. The van der Waals surface area contributed by atoms with Crippen LogP contribution in [0.5, 0.6) is 5.88 Å². The molecule has 0 bridgehead atoms. The molecule has 2 aromatic rings. The molecule has 1 aliphatic carbocycles. The van der Waals surface area contributed by atoms with Crippen LogP contribution >= 0.6 is 0 Å². The number of ether oxygens (including phenoxy) is 1. The minimum absolute atomic E-state index is 0.632. The first-order valence-corrected chi connectivity index (χ1v) is 9.07. The number of likely N-dealkylation sites (tertiary alicyclic amines) is 1. The molecule has 2 aliphatic rings. The van der Waals surface area contributed by atoms with E-state index < -0.39 is 0 Å². The van der Waals surface area contributed by atoms with Crippen molar-refractivity contribution in [3.05, 3.63) is 54.0 Å². The fourth-order valence-electron chi connectivity index (χ4n) is 3.80. The molecular weight excluding hydrogens is 298 g/mol. The molecule has 0 amide bonds. The van der Waals surface area contributed by atoms with Gasteiger partial charge in [-0.15, -0.1) is 0 Å². The second-order valence-electron chi connectivity index (χ2n) is 7.11. The van der Waals surface area contributed by atoms with E-state index >= 15 is 0 Å². The van der Waals surface area contributed by atoms with E-state index in [1.165, 1.54) is 49.9 Å². The van der Waals surface area contributed by atoms with Crippen LogP contribution in [0.25, 0.3) is 0 Å². The summed E-state index contributed by atoms with van der Waals surface area (Å²) in [7, 11) is 0. The zero-order valence-corrected chi connectivity index (χ0v) is 14.1. The molecule has 0 N–H and O–H groups in total. The first-order chi connectivity index (χ1) is 11.9. The van der Waals surface area contributed by atoms with Crippen molar-refractivity contribution >= 4 is 0 Å². The number of benzene rings is 1. The zero-order chi connectivity index (χ0) is 16.2. The van der Waals surface area contributed by atoms with Gasteiger partial charge in [0.05, 0.1) is 12.8 Å². The Morgan fingerprint density at radius 2 is 1.83 bits per heavy atom. The fraction of sp³-hybridized carbons (Fsp3) is 0.500. The second-order valence-corrected chi connectivity index (χ2v) is 7.11. The minimum atomic E-state index is 0.632. The molecule has 1 aromatic heterocycles. The Balaban J connectivity index is 1.23. The molecule has 1 saturated heterocycles. The lowest BCUT2D eigenvalue weighted by molar-refractivity contribution is 0.153. The third-order valence-electron chi connectivity index (χ3n) is 5.30.